The van der Waals surface area contributed by atoms with Crippen LogP contribution >= 0.6 is 15.9 Å². The van der Waals surface area contributed by atoms with Crippen molar-refractivity contribution in [3.8, 4) is 11.5 Å². The molecule has 0 heterocycles. The molecule has 0 unspecified atom stereocenters. The monoisotopic (exact) mass is 371 g/mol. The van der Waals surface area contributed by atoms with Crippen LogP contribution in [0.4, 0.5) is 5.69 Å². The smallest absolute Gasteiger partial charge is 0.261 e. The largest absolute Gasteiger partial charge is 0.497 e. The van der Waals surface area contributed by atoms with E-state index in [1.807, 2.05) is 0 Å². The third-order valence-electron chi connectivity index (χ3n) is 2.76. The summed E-state index contributed by atoms with van der Waals surface area (Å²) in [5, 5.41) is 0. The third kappa shape index (κ3) is 3.68. The molecular weight excluding hydrogens is 358 g/mol. The van der Waals surface area contributed by atoms with Crippen molar-refractivity contribution < 1.29 is 17.9 Å². The fourth-order valence-corrected chi connectivity index (χ4v) is 3.48. The molecule has 0 saturated carbocycles. The van der Waals surface area contributed by atoms with Gasteiger partial charge < -0.3 is 9.47 Å². The van der Waals surface area contributed by atoms with Gasteiger partial charge in [0.2, 0.25) is 0 Å². The molecule has 0 saturated heterocycles. The SMILES string of the molecule is COc1cccc(NS(=O)(=O)c2ccc(OC)c(Br)c2)c1. The lowest BCUT2D eigenvalue weighted by Gasteiger charge is -2.10. The van der Waals surface area contributed by atoms with Crippen molar-refractivity contribution in [3.05, 3.63) is 46.9 Å². The van der Waals surface area contributed by atoms with Crippen molar-refractivity contribution in [2.45, 2.75) is 4.90 Å². The van der Waals surface area contributed by atoms with Gasteiger partial charge in [-0.1, -0.05) is 6.07 Å². The molecule has 0 amide bonds. The van der Waals surface area contributed by atoms with Crippen molar-refractivity contribution in [2.24, 2.45) is 0 Å². The molecular formula is C14H14BrNO4S. The molecule has 0 aromatic heterocycles. The molecule has 7 heteroatoms. The zero-order chi connectivity index (χ0) is 15.5. The van der Waals surface area contributed by atoms with Gasteiger partial charge in [0.05, 0.1) is 29.3 Å². The van der Waals surface area contributed by atoms with Crippen LogP contribution in [-0.4, -0.2) is 22.6 Å². The average molecular weight is 372 g/mol. The molecule has 2 aromatic carbocycles. The van der Waals surface area contributed by atoms with Gasteiger partial charge in [-0.25, -0.2) is 8.42 Å². The quantitative estimate of drug-likeness (QED) is 0.875. The maximum Gasteiger partial charge on any atom is 0.261 e. The molecule has 0 aliphatic heterocycles. The molecule has 0 spiro atoms. The Morgan fingerprint density at radius 1 is 1.05 bits per heavy atom. The maximum absolute atomic E-state index is 12.3. The van der Waals surface area contributed by atoms with E-state index in [4.69, 9.17) is 9.47 Å². The summed E-state index contributed by atoms with van der Waals surface area (Å²) in [6.45, 7) is 0. The molecule has 2 rings (SSSR count). The van der Waals surface area contributed by atoms with Crippen molar-refractivity contribution in [2.75, 3.05) is 18.9 Å². The molecule has 112 valence electrons. The Hall–Kier alpha value is -1.73. The van der Waals surface area contributed by atoms with Gasteiger partial charge in [-0.3, -0.25) is 4.72 Å². The maximum atomic E-state index is 12.3. The van der Waals surface area contributed by atoms with Gasteiger partial charge in [0, 0.05) is 6.07 Å². The van der Waals surface area contributed by atoms with Crippen LogP contribution in [0, 0.1) is 0 Å². The average Bonchev–Trinajstić information content (AvgIpc) is 2.47. The molecule has 0 aliphatic rings. The van der Waals surface area contributed by atoms with Crippen LogP contribution in [-0.2, 0) is 10.0 Å². The number of hydrogen-bond donors (Lipinski definition) is 1. The molecule has 5 nitrogen and oxygen atoms in total. The lowest BCUT2D eigenvalue weighted by molar-refractivity contribution is 0.411. The number of ether oxygens (including phenoxy) is 2. The minimum atomic E-state index is -3.68. The highest BCUT2D eigenvalue weighted by Gasteiger charge is 2.16. The summed E-state index contributed by atoms with van der Waals surface area (Å²) in [5.74, 6) is 1.14. The second-order valence-electron chi connectivity index (χ2n) is 4.13. The van der Waals surface area contributed by atoms with Gasteiger partial charge in [-0.15, -0.1) is 0 Å². The summed E-state index contributed by atoms with van der Waals surface area (Å²) in [6, 6.07) is 11.3. The van der Waals surface area contributed by atoms with E-state index in [1.165, 1.54) is 26.4 Å². The number of rotatable bonds is 5. The molecule has 1 N–H and O–H groups in total. The molecule has 0 fully saturated rings. The number of nitrogens with one attached hydrogen (secondary N) is 1. The Morgan fingerprint density at radius 3 is 2.43 bits per heavy atom. The van der Waals surface area contributed by atoms with E-state index in [0.717, 1.165) is 0 Å². The topological polar surface area (TPSA) is 64.6 Å². The standard InChI is InChI=1S/C14H14BrNO4S/c1-19-11-5-3-4-10(8-11)16-21(17,18)12-6-7-14(20-2)13(15)9-12/h3-9,16H,1-2H3. The van der Waals surface area contributed by atoms with Crippen LogP contribution in [0.2, 0.25) is 0 Å². The first-order valence-corrected chi connectivity index (χ1v) is 8.24. The predicted molar refractivity (Wildman–Crippen MR) is 84.5 cm³/mol. The van der Waals surface area contributed by atoms with Crippen molar-refractivity contribution in [1.82, 2.24) is 0 Å². The Morgan fingerprint density at radius 2 is 1.81 bits per heavy atom. The van der Waals surface area contributed by atoms with Crippen LogP contribution < -0.4 is 14.2 Å². The van der Waals surface area contributed by atoms with Crippen LogP contribution in [0.1, 0.15) is 0 Å². The van der Waals surface area contributed by atoms with Crippen molar-refractivity contribution in [3.63, 3.8) is 0 Å². The Balaban J connectivity index is 2.31. The summed E-state index contributed by atoms with van der Waals surface area (Å²) in [7, 11) is -0.638. The normalized spacial score (nSPS) is 11.0. The van der Waals surface area contributed by atoms with Gasteiger partial charge >= 0.3 is 0 Å². The fraction of sp³-hybridized carbons (Fsp3) is 0.143. The zero-order valence-electron chi connectivity index (χ0n) is 11.5. The second kappa shape index (κ2) is 6.36. The van der Waals surface area contributed by atoms with Crippen molar-refractivity contribution >= 4 is 31.6 Å². The molecule has 0 bridgehead atoms. The molecule has 0 aliphatic carbocycles. The molecule has 2 aromatic rings. The molecule has 21 heavy (non-hydrogen) atoms. The highest BCUT2D eigenvalue weighted by atomic mass is 79.9. The summed E-state index contributed by atoms with van der Waals surface area (Å²) >= 11 is 3.27. The summed E-state index contributed by atoms with van der Waals surface area (Å²) in [4.78, 5) is 0.137. The summed E-state index contributed by atoms with van der Waals surface area (Å²) in [5.41, 5.74) is 0.432. The summed E-state index contributed by atoms with van der Waals surface area (Å²) < 4.78 is 37.9. The van der Waals surface area contributed by atoms with Gasteiger partial charge in [0.15, 0.2) is 0 Å². The van der Waals surface area contributed by atoms with E-state index in [2.05, 4.69) is 20.7 Å². The first-order chi connectivity index (χ1) is 9.96. The van der Waals surface area contributed by atoms with Crippen LogP contribution in [0.15, 0.2) is 51.8 Å². The Bertz CT molecular complexity index is 746. The number of halogens is 1. The van der Waals surface area contributed by atoms with Gasteiger partial charge in [-0.05, 0) is 46.3 Å². The van der Waals surface area contributed by atoms with E-state index in [9.17, 15) is 8.42 Å². The first kappa shape index (κ1) is 15.7. The molecule has 0 radical (unpaired) electrons. The van der Waals surface area contributed by atoms with Crippen LogP contribution in [0.3, 0.4) is 0 Å². The highest BCUT2D eigenvalue weighted by molar-refractivity contribution is 9.10. The minimum Gasteiger partial charge on any atom is -0.497 e. The van der Waals surface area contributed by atoms with Crippen LogP contribution in [0.5, 0.6) is 11.5 Å². The Kier molecular flexibility index (Phi) is 4.74. The van der Waals surface area contributed by atoms with Gasteiger partial charge in [-0.2, -0.15) is 0 Å². The second-order valence-corrected chi connectivity index (χ2v) is 6.67. The van der Waals surface area contributed by atoms with Gasteiger partial charge in [0.25, 0.3) is 10.0 Å². The lowest BCUT2D eigenvalue weighted by atomic mass is 10.3. The van der Waals surface area contributed by atoms with Gasteiger partial charge in [0.1, 0.15) is 11.5 Å². The number of hydrogen-bond acceptors (Lipinski definition) is 4. The fourth-order valence-electron chi connectivity index (χ4n) is 1.71. The van der Waals surface area contributed by atoms with E-state index in [0.29, 0.717) is 21.7 Å². The van der Waals surface area contributed by atoms with E-state index in [1.54, 1.807) is 30.3 Å². The lowest BCUT2D eigenvalue weighted by Crippen LogP contribution is -2.13. The number of sulfonamides is 1. The molecule has 0 atom stereocenters. The predicted octanol–water partition coefficient (Wildman–Crippen LogP) is 3.27. The minimum absolute atomic E-state index is 0.137. The van der Waals surface area contributed by atoms with Crippen molar-refractivity contribution in [1.29, 1.82) is 0 Å². The Labute approximate surface area is 132 Å². The number of methoxy groups -OCH3 is 2. The first-order valence-electron chi connectivity index (χ1n) is 5.96. The van der Waals surface area contributed by atoms with E-state index >= 15 is 0 Å². The van der Waals surface area contributed by atoms with E-state index < -0.39 is 10.0 Å². The van der Waals surface area contributed by atoms with Crippen LogP contribution in [0.25, 0.3) is 0 Å². The summed E-state index contributed by atoms with van der Waals surface area (Å²) in [6.07, 6.45) is 0. The zero-order valence-corrected chi connectivity index (χ0v) is 13.9. The number of benzene rings is 2. The highest BCUT2D eigenvalue weighted by Crippen LogP contribution is 2.28. The number of anilines is 1. The van der Waals surface area contributed by atoms with E-state index in [-0.39, 0.29) is 4.90 Å². The third-order valence-corrected chi connectivity index (χ3v) is 4.75.